The lowest BCUT2D eigenvalue weighted by atomic mass is 9.95. The third-order valence-corrected chi connectivity index (χ3v) is 6.41. The number of carbonyl (C=O) groups is 3. The fourth-order valence-electron chi connectivity index (χ4n) is 3.75. The van der Waals surface area contributed by atoms with Crippen molar-refractivity contribution in [1.82, 2.24) is 10.2 Å². The van der Waals surface area contributed by atoms with Crippen molar-refractivity contribution >= 4 is 39.3 Å². The summed E-state index contributed by atoms with van der Waals surface area (Å²) in [6.07, 6.45) is 3.29. The van der Waals surface area contributed by atoms with Crippen LogP contribution in [0.5, 0.6) is 0 Å². The van der Waals surface area contributed by atoms with E-state index >= 15 is 0 Å². The highest BCUT2D eigenvalue weighted by atomic mass is 79.9. The van der Waals surface area contributed by atoms with E-state index < -0.39 is 0 Å². The fourth-order valence-corrected chi connectivity index (χ4v) is 4.01. The molecule has 6 nitrogen and oxygen atoms in total. The lowest BCUT2D eigenvalue weighted by Gasteiger charge is -2.31. The lowest BCUT2D eigenvalue weighted by Crippen LogP contribution is -2.42. The van der Waals surface area contributed by atoms with Gasteiger partial charge in [-0.1, -0.05) is 28.1 Å². The zero-order valence-electron chi connectivity index (χ0n) is 17.3. The Balaban J connectivity index is 1.21. The number of likely N-dealkylation sites (tertiary alicyclic amines) is 1. The van der Waals surface area contributed by atoms with Gasteiger partial charge < -0.3 is 15.5 Å². The molecule has 0 radical (unpaired) electrons. The van der Waals surface area contributed by atoms with E-state index in [-0.39, 0.29) is 29.6 Å². The van der Waals surface area contributed by atoms with Gasteiger partial charge in [0.2, 0.25) is 11.8 Å². The summed E-state index contributed by atoms with van der Waals surface area (Å²) in [5, 5.41) is 5.92. The highest BCUT2D eigenvalue weighted by Crippen LogP contribution is 2.30. The zero-order valence-corrected chi connectivity index (χ0v) is 18.9. The van der Waals surface area contributed by atoms with Gasteiger partial charge in [0.25, 0.3) is 5.91 Å². The minimum Gasteiger partial charge on any atom is -0.352 e. The topological polar surface area (TPSA) is 78.5 Å². The third kappa shape index (κ3) is 5.73. The molecule has 2 aliphatic rings. The van der Waals surface area contributed by atoms with Crippen molar-refractivity contribution in [2.75, 3.05) is 18.4 Å². The number of hydrogen-bond donors (Lipinski definition) is 2. The van der Waals surface area contributed by atoms with Crippen molar-refractivity contribution in [3.05, 3.63) is 64.1 Å². The van der Waals surface area contributed by atoms with Gasteiger partial charge >= 0.3 is 0 Å². The molecule has 1 saturated carbocycles. The van der Waals surface area contributed by atoms with Crippen molar-refractivity contribution in [2.24, 2.45) is 11.8 Å². The van der Waals surface area contributed by atoms with Crippen LogP contribution in [0.3, 0.4) is 0 Å². The molecule has 0 unspecified atom stereocenters. The number of piperidine rings is 1. The van der Waals surface area contributed by atoms with Gasteiger partial charge in [-0.25, -0.2) is 0 Å². The highest BCUT2D eigenvalue weighted by molar-refractivity contribution is 9.10. The van der Waals surface area contributed by atoms with Crippen molar-refractivity contribution in [2.45, 2.75) is 32.2 Å². The molecule has 1 saturated heterocycles. The van der Waals surface area contributed by atoms with Crippen LogP contribution in [0.2, 0.25) is 0 Å². The Labute approximate surface area is 190 Å². The summed E-state index contributed by atoms with van der Waals surface area (Å²) in [6, 6.07) is 14.9. The molecular formula is C24H26BrN3O3. The molecule has 7 heteroatoms. The molecule has 1 heterocycles. The molecule has 0 bridgehead atoms. The Kier molecular flexibility index (Phi) is 6.70. The van der Waals surface area contributed by atoms with E-state index in [1.165, 1.54) is 0 Å². The number of amides is 3. The number of carbonyl (C=O) groups excluding carboxylic acids is 3. The van der Waals surface area contributed by atoms with Crippen molar-refractivity contribution in [3.8, 4) is 0 Å². The molecule has 3 amide bonds. The number of anilines is 1. The summed E-state index contributed by atoms with van der Waals surface area (Å²) in [6.45, 7) is 1.62. The van der Waals surface area contributed by atoms with Crippen LogP contribution in [0, 0.1) is 11.8 Å². The number of hydrogen-bond acceptors (Lipinski definition) is 3. The largest absolute Gasteiger partial charge is 0.352 e. The molecule has 4 rings (SSSR count). The van der Waals surface area contributed by atoms with Crippen LogP contribution >= 0.6 is 15.9 Å². The summed E-state index contributed by atoms with van der Waals surface area (Å²) in [5.41, 5.74) is 2.44. The molecule has 1 aliphatic heterocycles. The Morgan fingerprint density at radius 3 is 2.06 bits per heavy atom. The number of benzene rings is 2. The first kappa shape index (κ1) is 21.6. The van der Waals surface area contributed by atoms with Crippen LogP contribution in [0.15, 0.2) is 53.0 Å². The van der Waals surface area contributed by atoms with E-state index in [1.54, 1.807) is 0 Å². The average molecular weight is 484 g/mol. The van der Waals surface area contributed by atoms with Gasteiger partial charge in [0.15, 0.2) is 0 Å². The number of nitrogens with zero attached hydrogens (tertiary/aromatic N) is 1. The molecular weight excluding hydrogens is 458 g/mol. The standard InChI is InChI=1S/C24H26BrN3O3/c25-20-7-5-19(6-8-20)24(31)28-13-11-18(12-14-28)22(29)26-15-16-1-9-21(10-2-16)27-23(30)17-3-4-17/h1-2,5-10,17-18H,3-4,11-15H2,(H,26,29)(H,27,30). The van der Waals surface area contributed by atoms with E-state index in [1.807, 2.05) is 53.4 Å². The van der Waals surface area contributed by atoms with E-state index in [4.69, 9.17) is 0 Å². The Morgan fingerprint density at radius 2 is 1.45 bits per heavy atom. The minimum absolute atomic E-state index is 0.0141. The number of halogens is 1. The molecule has 2 aromatic carbocycles. The Hall–Kier alpha value is -2.67. The van der Waals surface area contributed by atoms with Crippen LogP contribution in [-0.2, 0) is 16.1 Å². The SMILES string of the molecule is O=C(NCc1ccc(NC(=O)C2CC2)cc1)C1CCN(C(=O)c2ccc(Br)cc2)CC1. The molecule has 31 heavy (non-hydrogen) atoms. The number of nitrogens with one attached hydrogen (secondary N) is 2. The normalized spacial score (nSPS) is 16.6. The van der Waals surface area contributed by atoms with Gasteiger partial charge in [-0.2, -0.15) is 0 Å². The maximum Gasteiger partial charge on any atom is 0.253 e. The highest BCUT2D eigenvalue weighted by Gasteiger charge is 2.29. The van der Waals surface area contributed by atoms with E-state index in [9.17, 15) is 14.4 Å². The monoisotopic (exact) mass is 483 g/mol. The van der Waals surface area contributed by atoms with Crippen LogP contribution in [0.25, 0.3) is 0 Å². The fraction of sp³-hybridized carbons (Fsp3) is 0.375. The van der Waals surface area contributed by atoms with Crippen molar-refractivity contribution < 1.29 is 14.4 Å². The molecule has 0 aromatic heterocycles. The molecule has 162 valence electrons. The van der Waals surface area contributed by atoms with Crippen LogP contribution < -0.4 is 10.6 Å². The van der Waals surface area contributed by atoms with Crippen LogP contribution in [-0.4, -0.2) is 35.7 Å². The molecule has 1 aliphatic carbocycles. The average Bonchev–Trinajstić information content (AvgIpc) is 3.64. The van der Waals surface area contributed by atoms with Gasteiger partial charge in [0, 0.05) is 47.2 Å². The first-order valence-electron chi connectivity index (χ1n) is 10.7. The summed E-state index contributed by atoms with van der Waals surface area (Å²) >= 11 is 3.38. The predicted molar refractivity (Wildman–Crippen MR) is 122 cm³/mol. The maximum absolute atomic E-state index is 12.6. The summed E-state index contributed by atoms with van der Waals surface area (Å²) < 4.78 is 0.942. The van der Waals surface area contributed by atoms with Gasteiger partial charge in [-0.05, 0) is 67.6 Å². The van der Waals surface area contributed by atoms with Gasteiger partial charge in [0.1, 0.15) is 0 Å². The van der Waals surface area contributed by atoms with Gasteiger partial charge in [-0.3, -0.25) is 14.4 Å². The second-order valence-electron chi connectivity index (χ2n) is 8.25. The Morgan fingerprint density at radius 1 is 0.839 bits per heavy atom. The molecule has 2 fully saturated rings. The minimum atomic E-state index is -0.0777. The zero-order chi connectivity index (χ0) is 21.8. The maximum atomic E-state index is 12.6. The molecule has 2 aromatic rings. The van der Waals surface area contributed by atoms with Crippen LogP contribution in [0.4, 0.5) is 5.69 Å². The van der Waals surface area contributed by atoms with Crippen LogP contribution in [0.1, 0.15) is 41.6 Å². The quantitative estimate of drug-likeness (QED) is 0.652. The summed E-state index contributed by atoms with van der Waals surface area (Å²) in [7, 11) is 0. The predicted octanol–water partition coefficient (Wildman–Crippen LogP) is 3.97. The molecule has 0 spiro atoms. The second-order valence-corrected chi connectivity index (χ2v) is 9.17. The van der Waals surface area contributed by atoms with Crippen molar-refractivity contribution in [1.29, 1.82) is 0 Å². The number of rotatable bonds is 6. The van der Waals surface area contributed by atoms with E-state index in [2.05, 4.69) is 26.6 Å². The smallest absolute Gasteiger partial charge is 0.253 e. The first-order valence-corrected chi connectivity index (χ1v) is 11.5. The second kappa shape index (κ2) is 9.64. The molecule has 2 N–H and O–H groups in total. The Bertz CT molecular complexity index is 947. The van der Waals surface area contributed by atoms with Crippen molar-refractivity contribution in [3.63, 3.8) is 0 Å². The van der Waals surface area contributed by atoms with Gasteiger partial charge in [-0.15, -0.1) is 0 Å². The van der Waals surface area contributed by atoms with E-state index in [0.717, 1.165) is 28.6 Å². The first-order chi connectivity index (χ1) is 15.0. The third-order valence-electron chi connectivity index (χ3n) is 5.88. The van der Waals surface area contributed by atoms with Gasteiger partial charge in [0.05, 0.1) is 0 Å². The summed E-state index contributed by atoms with van der Waals surface area (Å²) in [5.74, 6) is 0.231. The molecule has 0 atom stereocenters. The lowest BCUT2D eigenvalue weighted by molar-refractivity contribution is -0.126. The van der Waals surface area contributed by atoms with E-state index in [0.29, 0.717) is 38.0 Å². The summed E-state index contributed by atoms with van der Waals surface area (Å²) in [4.78, 5) is 38.8.